The van der Waals surface area contributed by atoms with Gasteiger partial charge in [0.1, 0.15) is 0 Å². The van der Waals surface area contributed by atoms with Gasteiger partial charge in [-0.25, -0.2) is 0 Å². The van der Waals surface area contributed by atoms with Crippen molar-refractivity contribution >= 4 is 0 Å². The Balaban J connectivity index is 1.53. The quantitative estimate of drug-likeness (QED) is 0.676. The monoisotopic (exact) mass is 323 g/mol. The van der Waals surface area contributed by atoms with Gasteiger partial charge in [-0.1, -0.05) is 33.1 Å². The molecule has 2 fully saturated rings. The molecule has 2 heterocycles. The number of hydrogen-bond acceptors (Lipinski definition) is 3. The summed E-state index contributed by atoms with van der Waals surface area (Å²) in [5, 5.41) is 0. The van der Waals surface area contributed by atoms with Crippen LogP contribution in [0.5, 0.6) is 0 Å². The zero-order valence-electron chi connectivity index (χ0n) is 16.3. The maximum Gasteiger partial charge on any atom is 0.0113 e. The molecule has 0 atom stereocenters. The highest BCUT2D eigenvalue weighted by molar-refractivity contribution is 4.77. The van der Waals surface area contributed by atoms with E-state index in [4.69, 9.17) is 0 Å². The van der Waals surface area contributed by atoms with Gasteiger partial charge in [0.15, 0.2) is 0 Å². The summed E-state index contributed by atoms with van der Waals surface area (Å²) >= 11 is 0. The second kappa shape index (κ2) is 10.0. The van der Waals surface area contributed by atoms with E-state index in [0.29, 0.717) is 6.04 Å². The minimum atomic E-state index is 0.715. The first-order valence-corrected chi connectivity index (χ1v) is 10.2. The summed E-state index contributed by atoms with van der Waals surface area (Å²) in [6.45, 7) is 19.7. The van der Waals surface area contributed by atoms with E-state index in [1.807, 2.05) is 0 Å². The Hall–Kier alpha value is -0.120. The third kappa shape index (κ3) is 7.11. The average molecular weight is 324 g/mol. The van der Waals surface area contributed by atoms with Crippen LogP contribution in [0.4, 0.5) is 0 Å². The molecule has 0 aromatic heterocycles. The van der Waals surface area contributed by atoms with Gasteiger partial charge in [-0.15, -0.1) is 0 Å². The molecular formula is C20H41N3. The van der Waals surface area contributed by atoms with Crippen molar-refractivity contribution in [3.05, 3.63) is 0 Å². The van der Waals surface area contributed by atoms with Crippen LogP contribution < -0.4 is 0 Å². The standard InChI is InChI=1S/C20H41N3/c1-18(2)6-5-7-20-8-10-21(11-9-20)12-13-22-14-16-23(17-15-22)19(3)4/h18-20H,5-17H2,1-4H3. The Morgan fingerprint density at radius 1 is 0.783 bits per heavy atom. The van der Waals surface area contributed by atoms with E-state index in [-0.39, 0.29) is 0 Å². The molecule has 3 nitrogen and oxygen atoms in total. The van der Waals surface area contributed by atoms with Crippen molar-refractivity contribution in [1.29, 1.82) is 0 Å². The van der Waals surface area contributed by atoms with Crippen molar-refractivity contribution in [2.75, 3.05) is 52.4 Å². The largest absolute Gasteiger partial charge is 0.302 e. The third-order valence-corrected chi connectivity index (χ3v) is 5.97. The van der Waals surface area contributed by atoms with Crippen molar-refractivity contribution in [2.45, 2.75) is 65.8 Å². The predicted octanol–water partition coefficient (Wildman–Crippen LogP) is 3.55. The molecule has 2 saturated heterocycles. The van der Waals surface area contributed by atoms with Crippen molar-refractivity contribution < 1.29 is 0 Å². The van der Waals surface area contributed by atoms with Crippen LogP contribution in [-0.2, 0) is 0 Å². The van der Waals surface area contributed by atoms with Crippen LogP contribution in [0.3, 0.4) is 0 Å². The molecule has 0 saturated carbocycles. The Labute approximate surface area is 145 Å². The molecule has 0 amide bonds. The van der Waals surface area contributed by atoms with Gasteiger partial charge < -0.3 is 4.90 Å². The van der Waals surface area contributed by atoms with Crippen molar-refractivity contribution in [1.82, 2.24) is 14.7 Å². The van der Waals surface area contributed by atoms with E-state index in [9.17, 15) is 0 Å². The fourth-order valence-electron chi connectivity index (χ4n) is 4.10. The summed E-state index contributed by atoms with van der Waals surface area (Å²) in [5.74, 6) is 1.89. The molecule has 2 rings (SSSR count). The molecule has 0 aromatic carbocycles. The second-order valence-corrected chi connectivity index (χ2v) is 8.58. The van der Waals surface area contributed by atoms with Gasteiger partial charge in [-0.05, 0) is 51.6 Å². The number of rotatable bonds is 8. The topological polar surface area (TPSA) is 9.72 Å². The number of likely N-dealkylation sites (tertiary alicyclic amines) is 1. The highest BCUT2D eigenvalue weighted by atomic mass is 15.3. The minimum Gasteiger partial charge on any atom is -0.302 e. The van der Waals surface area contributed by atoms with Crippen LogP contribution in [0.2, 0.25) is 0 Å². The molecule has 2 aliphatic heterocycles. The minimum absolute atomic E-state index is 0.715. The molecule has 0 N–H and O–H groups in total. The number of nitrogens with zero attached hydrogens (tertiary/aromatic N) is 3. The summed E-state index contributed by atoms with van der Waals surface area (Å²) in [6.07, 6.45) is 7.23. The molecule has 0 bridgehead atoms. The van der Waals surface area contributed by atoms with Crippen molar-refractivity contribution in [3.8, 4) is 0 Å². The molecule has 0 spiro atoms. The SMILES string of the molecule is CC(C)CCCC1CCN(CCN2CCN(C(C)C)CC2)CC1. The normalized spacial score (nSPS) is 23.2. The van der Waals surface area contributed by atoms with Crippen LogP contribution in [0, 0.1) is 11.8 Å². The lowest BCUT2D eigenvalue weighted by atomic mass is 9.90. The molecule has 0 radical (unpaired) electrons. The van der Waals surface area contributed by atoms with E-state index in [2.05, 4.69) is 42.4 Å². The fourth-order valence-corrected chi connectivity index (χ4v) is 4.10. The van der Waals surface area contributed by atoms with E-state index in [1.165, 1.54) is 84.5 Å². The van der Waals surface area contributed by atoms with Gasteiger partial charge in [-0.3, -0.25) is 9.80 Å². The average Bonchev–Trinajstić information content (AvgIpc) is 2.54. The zero-order chi connectivity index (χ0) is 16.7. The summed E-state index contributed by atoms with van der Waals surface area (Å²) in [5.41, 5.74) is 0. The molecule has 3 heteroatoms. The molecule has 2 aliphatic rings. The fraction of sp³-hybridized carbons (Fsp3) is 1.00. The van der Waals surface area contributed by atoms with E-state index < -0.39 is 0 Å². The van der Waals surface area contributed by atoms with Gasteiger partial charge in [-0.2, -0.15) is 0 Å². The summed E-state index contributed by atoms with van der Waals surface area (Å²) < 4.78 is 0. The van der Waals surface area contributed by atoms with Gasteiger partial charge in [0.25, 0.3) is 0 Å². The lowest BCUT2D eigenvalue weighted by Gasteiger charge is -2.38. The molecule has 136 valence electrons. The van der Waals surface area contributed by atoms with Gasteiger partial charge in [0.2, 0.25) is 0 Å². The van der Waals surface area contributed by atoms with Crippen molar-refractivity contribution in [2.24, 2.45) is 11.8 Å². The lowest BCUT2D eigenvalue weighted by Crippen LogP contribution is -2.50. The summed E-state index contributed by atoms with van der Waals surface area (Å²) in [6, 6.07) is 0.715. The number of piperazine rings is 1. The van der Waals surface area contributed by atoms with E-state index in [1.54, 1.807) is 0 Å². The summed E-state index contributed by atoms with van der Waals surface area (Å²) in [7, 11) is 0. The Morgan fingerprint density at radius 3 is 1.87 bits per heavy atom. The molecule has 0 unspecified atom stereocenters. The number of hydrogen-bond donors (Lipinski definition) is 0. The first-order valence-electron chi connectivity index (χ1n) is 10.2. The second-order valence-electron chi connectivity index (χ2n) is 8.58. The zero-order valence-corrected chi connectivity index (χ0v) is 16.3. The maximum atomic E-state index is 2.72. The molecule has 0 aromatic rings. The van der Waals surface area contributed by atoms with Crippen molar-refractivity contribution in [3.63, 3.8) is 0 Å². The number of piperidine rings is 1. The van der Waals surface area contributed by atoms with Crippen LogP contribution in [0.1, 0.15) is 59.8 Å². The van der Waals surface area contributed by atoms with Crippen LogP contribution in [0.25, 0.3) is 0 Å². The Kier molecular flexibility index (Phi) is 8.35. The van der Waals surface area contributed by atoms with Gasteiger partial charge in [0, 0.05) is 45.3 Å². The molecule has 0 aliphatic carbocycles. The highest BCUT2D eigenvalue weighted by Crippen LogP contribution is 2.23. The lowest BCUT2D eigenvalue weighted by molar-refractivity contribution is 0.0911. The van der Waals surface area contributed by atoms with Gasteiger partial charge in [0.05, 0.1) is 0 Å². The van der Waals surface area contributed by atoms with Crippen LogP contribution >= 0.6 is 0 Å². The van der Waals surface area contributed by atoms with Crippen LogP contribution in [0.15, 0.2) is 0 Å². The highest BCUT2D eigenvalue weighted by Gasteiger charge is 2.21. The Morgan fingerprint density at radius 2 is 1.35 bits per heavy atom. The summed E-state index contributed by atoms with van der Waals surface area (Å²) in [4.78, 5) is 8.00. The Bertz CT molecular complexity index is 300. The first kappa shape index (κ1) is 19.2. The molecule has 23 heavy (non-hydrogen) atoms. The van der Waals surface area contributed by atoms with E-state index in [0.717, 1.165) is 11.8 Å². The van der Waals surface area contributed by atoms with Gasteiger partial charge >= 0.3 is 0 Å². The maximum absolute atomic E-state index is 2.72. The van der Waals surface area contributed by atoms with E-state index >= 15 is 0 Å². The molecular weight excluding hydrogens is 282 g/mol. The predicted molar refractivity (Wildman–Crippen MR) is 101 cm³/mol. The van der Waals surface area contributed by atoms with Crippen LogP contribution in [-0.4, -0.2) is 73.1 Å². The smallest absolute Gasteiger partial charge is 0.0113 e. The first-order chi connectivity index (χ1) is 11.0. The third-order valence-electron chi connectivity index (χ3n) is 5.97.